The molecule has 1 N–H and O–H groups in total. The second-order valence-corrected chi connectivity index (χ2v) is 6.46. The molecule has 5 heteroatoms. The summed E-state index contributed by atoms with van der Waals surface area (Å²) in [6.45, 7) is 2.64. The van der Waals surface area contributed by atoms with E-state index in [4.69, 9.17) is 18.9 Å². The van der Waals surface area contributed by atoms with Crippen molar-refractivity contribution in [2.75, 3.05) is 7.11 Å². The third-order valence-corrected chi connectivity index (χ3v) is 4.56. The van der Waals surface area contributed by atoms with Gasteiger partial charge in [-0.3, -0.25) is 0 Å². The zero-order valence-electron chi connectivity index (χ0n) is 15.2. The van der Waals surface area contributed by atoms with Crippen molar-refractivity contribution in [2.24, 2.45) is 0 Å². The van der Waals surface area contributed by atoms with Crippen molar-refractivity contribution in [3.05, 3.63) is 71.8 Å². The summed E-state index contributed by atoms with van der Waals surface area (Å²) in [6, 6.07) is 19.7. The molecular weight excluding hydrogens is 332 g/mol. The molecule has 0 aliphatic carbocycles. The third-order valence-electron chi connectivity index (χ3n) is 4.56. The number of hydrogen-bond acceptors (Lipinski definition) is 5. The van der Waals surface area contributed by atoms with Gasteiger partial charge in [0, 0.05) is 7.11 Å². The van der Waals surface area contributed by atoms with Gasteiger partial charge in [0.15, 0.2) is 6.29 Å². The average Bonchev–Trinajstić information content (AvgIpc) is 2.68. The lowest BCUT2D eigenvalue weighted by Gasteiger charge is -2.42. The van der Waals surface area contributed by atoms with Gasteiger partial charge in [0.1, 0.15) is 18.3 Å². The first-order valence-corrected chi connectivity index (χ1v) is 8.86. The van der Waals surface area contributed by atoms with E-state index >= 15 is 0 Å². The highest BCUT2D eigenvalue weighted by atomic mass is 16.7. The van der Waals surface area contributed by atoms with Crippen molar-refractivity contribution < 1.29 is 24.1 Å². The minimum atomic E-state index is -0.851. The van der Waals surface area contributed by atoms with Gasteiger partial charge in [0.25, 0.3) is 0 Å². The first-order valence-electron chi connectivity index (χ1n) is 8.86. The highest BCUT2D eigenvalue weighted by Gasteiger charge is 2.45. The lowest BCUT2D eigenvalue weighted by Crippen LogP contribution is -2.58. The number of aliphatic hydroxyl groups is 1. The second-order valence-electron chi connectivity index (χ2n) is 6.46. The Balaban J connectivity index is 1.64. The van der Waals surface area contributed by atoms with Crippen LogP contribution in [-0.4, -0.2) is 42.9 Å². The zero-order chi connectivity index (χ0) is 18.4. The Morgan fingerprint density at radius 1 is 0.846 bits per heavy atom. The van der Waals surface area contributed by atoms with E-state index in [2.05, 4.69) is 0 Å². The van der Waals surface area contributed by atoms with Gasteiger partial charge >= 0.3 is 0 Å². The maximum Gasteiger partial charge on any atom is 0.186 e. The van der Waals surface area contributed by atoms with Gasteiger partial charge in [0.2, 0.25) is 0 Å². The van der Waals surface area contributed by atoms with Crippen LogP contribution in [0.3, 0.4) is 0 Å². The number of methoxy groups -OCH3 is 1. The lowest BCUT2D eigenvalue weighted by atomic mass is 9.99. The summed E-state index contributed by atoms with van der Waals surface area (Å²) in [5.41, 5.74) is 2.07. The van der Waals surface area contributed by atoms with Crippen molar-refractivity contribution in [2.45, 2.75) is 50.8 Å². The fraction of sp³-hybridized carbons (Fsp3) is 0.429. The van der Waals surface area contributed by atoms with Crippen LogP contribution in [0, 0.1) is 0 Å². The summed E-state index contributed by atoms with van der Waals surface area (Å²) in [4.78, 5) is 0. The number of rotatable bonds is 7. The van der Waals surface area contributed by atoms with Crippen molar-refractivity contribution in [3.8, 4) is 0 Å². The van der Waals surface area contributed by atoms with Crippen LogP contribution in [0.5, 0.6) is 0 Å². The van der Waals surface area contributed by atoms with E-state index in [-0.39, 0.29) is 6.10 Å². The van der Waals surface area contributed by atoms with E-state index in [0.717, 1.165) is 11.1 Å². The Bertz CT molecular complexity index is 648. The molecule has 1 saturated heterocycles. The summed E-state index contributed by atoms with van der Waals surface area (Å²) in [6.07, 6.45) is -2.92. The van der Waals surface area contributed by atoms with Crippen LogP contribution in [0.25, 0.3) is 0 Å². The predicted octanol–water partition coefficient (Wildman–Crippen LogP) is 2.91. The van der Waals surface area contributed by atoms with Crippen molar-refractivity contribution in [1.29, 1.82) is 0 Å². The monoisotopic (exact) mass is 358 g/mol. The van der Waals surface area contributed by atoms with Crippen molar-refractivity contribution in [3.63, 3.8) is 0 Å². The molecule has 0 radical (unpaired) electrons. The largest absolute Gasteiger partial charge is 0.387 e. The third kappa shape index (κ3) is 4.69. The summed E-state index contributed by atoms with van der Waals surface area (Å²) >= 11 is 0. The quantitative estimate of drug-likeness (QED) is 0.825. The van der Waals surface area contributed by atoms with Gasteiger partial charge in [-0.1, -0.05) is 60.7 Å². The van der Waals surface area contributed by atoms with Crippen LogP contribution < -0.4 is 0 Å². The Morgan fingerprint density at radius 3 is 1.85 bits per heavy atom. The molecule has 0 spiro atoms. The molecule has 0 bridgehead atoms. The smallest absolute Gasteiger partial charge is 0.186 e. The number of aliphatic hydroxyl groups excluding tert-OH is 1. The SMILES string of the molecule is CO[C@H]1O[C@H](C)[C@@H](OCc2ccccc2)[C@H](O)[C@@H]1OCc1ccccc1. The van der Waals surface area contributed by atoms with Gasteiger partial charge in [-0.05, 0) is 18.1 Å². The summed E-state index contributed by atoms with van der Waals surface area (Å²) in [7, 11) is 1.55. The van der Waals surface area contributed by atoms with E-state index in [1.54, 1.807) is 7.11 Å². The first kappa shape index (κ1) is 19.0. The molecule has 26 heavy (non-hydrogen) atoms. The minimum absolute atomic E-state index is 0.310. The highest BCUT2D eigenvalue weighted by Crippen LogP contribution is 2.27. The number of ether oxygens (including phenoxy) is 4. The topological polar surface area (TPSA) is 57.2 Å². The Hall–Kier alpha value is -1.76. The van der Waals surface area contributed by atoms with E-state index in [0.29, 0.717) is 13.2 Å². The summed E-state index contributed by atoms with van der Waals surface area (Å²) in [5, 5.41) is 10.8. The van der Waals surface area contributed by atoms with Crippen LogP contribution in [-0.2, 0) is 32.2 Å². The molecule has 0 unspecified atom stereocenters. The Kier molecular flexibility index (Phi) is 6.77. The van der Waals surface area contributed by atoms with Crippen LogP contribution >= 0.6 is 0 Å². The van der Waals surface area contributed by atoms with Crippen LogP contribution in [0.15, 0.2) is 60.7 Å². The normalized spacial score (nSPS) is 28.8. The highest BCUT2D eigenvalue weighted by molar-refractivity contribution is 5.14. The molecule has 0 aromatic heterocycles. The number of benzene rings is 2. The van der Waals surface area contributed by atoms with E-state index in [9.17, 15) is 5.11 Å². The molecular formula is C21H26O5. The van der Waals surface area contributed by atoms with Gasteiger partial charge < -0.3 is 24.1 Å². The lowest BCUT2D eigenvalue weighted by molar-refractivity contribution is -0.305. The molecule has 5 nitrogen and oxygen atoms in total. The first-order chi connectivity index (χ1) is 12.7. The van der Waals surface area contributed by atoms with Gasteiger partial charge in [-0.15, -0.1) is 0 Å². The van der Waals surface area contributed by atoms with Crippen LogP contribution in [0.4, 0.5) is 0 Å². The van der Waals surface area contributed by atoms with E-state index < -0.39 is 24.6 Å². The Labute approximate surface area is 154 Å². The molecule has 5 atom stereocenters. The zero-order valence-corrected chi connectivity index (χ0v) is 15.2. The average molecular weight is 358 g/mol. The second kappa shape index (κ2) is 9.26. The molecule has 1 heterocycles. The van der Waals surface area contributed by atoms with Gasteiger partial charge in [0.05, 0.1) is 19.3 Å². The molecule has 3 rings (SSSR count). The summed E-state index contributed by atoms with van der Waals surface area (Å²) in [5.74, 6) is 0. The molecule has 0 amide bonds. The molecule has 1 aliphatic rings. The van der Waals surface area contributed by atoms with Gasteiger partial charge in [-0.2, -0.15) is 0 Å². The molecule has 2 aromatic rings. The molecule has 1 fully saturated rings. The summed E-state index contributed by atoms with van der Waals surface area (Å²) < 4.78 is 23.2. The van der Waals surface area contributed by atoms with E-state index in [1.807, 2.05) is 67.6 Å². The van der Waals surface area contributed by atoms with E-state index in [1.165, 1.54) is 0 Å². The minimum Gasteiger partial charge on any atom is -0.387 e. The van der Waals surface area contributed by atoms with Gasteiger partial charge in [-0.25, -0.2) is 0 Å². The maximum absolute atomic E-state index is 10.8. The fourth-order valence-corrected chi connectivity index (χ4v) is 3.13. The number of hydrogen-bond donors (Lipinski definition) is 1. The maximum atomic E-state index is 10.8. The molecule has 140 valence electrons. The fourth-order valence-electron chi connectivity index (χ4n) is 3.13. The van der Waals surface area contributed by atoms with Crippen LogP contribution in [0.2, 0.25) is 0 Å². The van der Waals surface area contributed by atoms with Crippen LogP contribution in [0.1, 0.15) is 18.1 Å². The van der Waals surface area contributed by atoms with Crippen molar-refractivity contribution >= 4 is 0 Å². The molecule has 1 aliphatic heterocycles. The standard InChI is InChI=1S/C21H26O5/c1-15-19(24-13-16-9-5-3-6-10-16)18(22)20(21(23-2)26-15)25-14-17-11-7-4-8-12-17/h3-12,15,18-22H,13-14H2,1-2H3/t15-,18+,19-,20+,21+/m1/s1. The predicted molar refractivity (Wildman–Crippen MR) is 97.4 cm³/mol. The Morgan fingerprint density at radius 2 is 1.35 bits per heavy atom. The molecule has 0 saturated carbocycles. The van der Waals surface area contributed by atoms with Crippen molar-refractivity contribution in [1.82, 2.24) is 0 Å². The molecule has 2 aromatic carbocycles.